The van der Waals surface area contributed by atoms with Gasteiger partial charge >= 0.3 is 0 Å². The van der Waals surface area contributed by atoms with E-state index in [1.54, 1.807) is 6.07 Å². The molecule has 25 heavy (non-hydrogen) atoms. The Balaban J connectivity index is 1.43. The first kappa shape index (κ1) is 15.4. The third-order valence-corrected chi connectivity index (χ3v) is 4.43. The van der Waals surface area contributed by atoms with Crippen molar-refractivity contribution in [2.24, 2.45) is 0 Å². The van der Waals surface area contributed by atoms with E-state index in [9.17, 15) is 4.79 Å². The summed E-state index contributed by atoms with van der Waals surface area (Å²) in [6.45, 7) is 3.35. The molecule has 2 N–H and O–H groups in total. The molecular formula is C19H19N5O. The number of benzene rings is 2. The summed E-state index contributed by atoms with van der Waals surface area (Å²) in [4.78, 5) is 15.6. The molecular weight excluding hydrogens is 314 g/mol. The van der Waals surface area contributed by atoms with Gasteiger partial charge in [-0.15, -0.1) is 5.10 Å². The van der Waals surface area contributed by atoms with Crippen LogP contribution in [0.5, 0.6) is 0 Å². The highest BCUT2D eigenvalue weighted by molar-refractivity contribution is 5.97. The molecule has 0 unspecified atom stereocenters. The zero-order valence-electron chi connectivity index (χ0n) is 14.0. The predicted octanol–water partition coefficient (Wildman–Crippen LogP) is 2.91. The van der Waals surface area contributed by atoms with Crippen LogP contribution in [0.1, 0.15) is 22.8 Å². The molecule has 6 nitrogen and oxygen atoms in total. The van der Waals surface area contributed by atoms with Crippen molar-refractivity contribution in [2.45, 2.75) is 19.9 Å². The van der Waals surface area contributed by atoms with Gasteiger partial charge in [-0.2, -0.15) is 0 Å². The number of hydrogen-bond acceptors (Lipinski definition) is 3. The smallest absolute Gasteiger partial charge is 0.251 e. The molecule has 0 bridgehead atoms. The summed E-state index contributed by atoms with van der Waals surface area (Å²) in [5.74, 6) is -0.0900. The van der Waals surface area contributed by atoms with Crippen LogP contribution in [0.3, 0.4) is 0 Å². The highest BCUT2D eigenvalue weighted by Crippen LogP contribution is 2.18. The van der Waals surface area contributed by atoms with Gasteiger partial charge in [0.2, 0.25) is 0 Å². The topological polar surface area (TPSA) is 75.6 Å². The summed E-state index contributed by atoms with van der Waals surface area (Å²) in [6.07, 6.45) is 2.79. The molecule has 0 saturated heterocycles. The van der Waals surface area contributed by atoms with E-state index < -0.39 is 0 Å². The molecule has 0 aliphatic rings. The second-order valence-corrected chi connectivity index (χ2v) is 5.97. The highest BCUT2D eigenvalue weighted by atomic mass is 16.1. The molecule has 0 atom stereocenters. The molecule has 2 heterocycles. The Morgan fingerprint density at radius 2 is 2.12 bits per heavy atom. The van der Waals surface area contributed by atoms with E-state index >= 15 is 0 Å². The van der Waals surface area contributed by atoms with E-state index in [0.717, 1.165) is 29.5 Å². The predicted molar refractivity (Wildman–Crippen MR) is 97.5 cm³/mol. The number of fused-ring (bicyclic) bond motifs is 2. The van der Waals surface area contributed by atoms with Gasteiger partial charge in [0.1, 0.15) is 5.52 Å². The number of amides is 1. The summed E-state index contributed by atoms with van der Waals surface area (Å²) in [6, 6.07) is 13.7. The third kappa shape index (κ3) is 2.87. The average molecular weight is 333 g/mol. The number of hydrogen-bond donors (Lipinski definition) is 2. The molecule has 0 spiro atoms. The minimum Gasteiger partial charge on any atom is -0.361 e. The second kappa shape index (κ2) is 6.39. The van der Waals surface area contributed by atoms with Crippen LogP contribution < -0.4 is 5.32 Å². The van der Waals surface area contributed by atoms with E-state index in [1.807, 2.05) is 42.1 Å². The van der Waals surface area contributed by atoms with E-state index in [4.69, 9.17) is 0 Å². The standard InChI is InChI=1S/C19H19N5O/c1-2-24-18-8-7-13(11-17(18)22-23-24)19(25)20-10-9-14-12-21-16-6-4-3-5-15(14)16/h3-8,11-12,21H,2,9-10H2,1H3,(H,20,25). The van der Waals surface area contributed by atoms with E-state index in [2.05, 4.69) is 32.7 Å². The van der Waals surface area contributed by atoms with Crippen molar-refractivity contribution >= 4 is 27.8 Å². The van der Waals surface area contributed by atoms with Crippen molar-refractivity contribution in [2.75, 3.05) is 6.54 Å². The Hall–Kier alpha value is -3.15. The van der Waals surface area contributed by atoms with E-state index in [-0.39, 0.29) is 5.91 Å². The number of nitrogens with zero attached hydrogens (tertiary/aromatic N) is 3. The zero-order valence-corrected chi connectivity index (χ0v) is 14.0. The Morgan fingerprint density at radius 3 is 3.00 bits per heavy atom. The molecule has 0 fully saturated rings. The van der Waals surface area contributed by atoms with Crippen LogP contribution in [-0.4, -0.2) is 32.4 Å². The van der Waals surface area contributed by atoms with Crippen molar-refractivity contribution < 1.29 is 4.79 Å². The molecule has 6 heteroatoms. The molecule has 126 valence electrons. The van der Waals surface area contributed by atoms with Gasteiger partial charge in [0.05, 0.1) is 5.52 Å². The van der Waals surface area contributed by atoms with Crippen molar-refractivity contribution in [1.82, 2.24) is 25.3 Å². The molecule has 0 aliphatic heterocycles. The maximum atomic E-state index is 12.4. The van der Waals surface area contributed by atoms with Crippen LogP contribution in [0.2, 0.25) is 0 Å². The fourth-order valence-corrected chi connectivity index (χ4v) is 3.10. The minimum absolute atomic E-state index is 0.0900. The van der Waals surface area contributed by atoms with Crippen molar-refractivity contribution in [3.8, 4) is 0 Å². The van der Waals surface area contributed by atoms with Crippen molar-refractivity contribution in [3.05, 3.63) is 59.8 Å². The fraction of sp³-hybridized carbons (Fsp3) is 0.211. The number of carbonyl (C=O) groups is 1. The van der Waals surface area contributed by atoms with Gasteiger partial charge in [0.25, 0.3) is 5.91 Å². The Kier molecular flexibility index (Phi) is 3.93. The van der Waals surface area contributed by atoms with Crippen LogP contribution in [-0.2, 0) is 13.0 Å². The lowest BCUT2D eigenvalue weighted by Crippen LogP contribution is -2.25. The fourth-order valence-electron chi connectivity index (χ4n) is 3.10. The molecule has 0 radical (unpaired) electrons. The largest absolute Gasteiger partial charge is 0.361 e. The van der Waals surface area contributed by atoms with Crippen LogP contribution in [0.15, 0.2) is 48.7 Å². The first-order valence-electron chi connectivity index (χ1n) is 8.42. The number of aromatic amines is 1. The van der Waals surface area contributed by atoms with Crippen molar-refractivity contribution in [1.29, 1.82) is 0 Å². The molecule has 2 aromatic carbocycles. The van der Waals surface area contributed by atoms with Gasteiger partial charge in [0.15, 0.2) is 0 Å². The third-order valence-electron chi connectivity index (χ3n) is 4.43. The quantitative estimate of drug-likeness (QED) is 0.590. The zero-order chi connectivity index (χ0) is 17.2. The molecule has 2 aromatic heterocycles. The second-order valence-electron chi connectivity index (χ2n) is 5.97. The monoisotopic (exact) mass is 333 g/mol. The van der Waals surface area contributed by atoms with Gasteiger partial charge in [-0.3, -0.25) is 4.79 Å². The van der Waals surface area contributed by atoms with E-state index in [0.29, 0.717) is 12.1 Å². The number of aromatic nitrogens is 4. The first-order chi connectivity index (χ1) is 12.3. The van der Waals surface area contributed by atoms with Gasteiger partial charge in [-0.05, 0) is 43.2 Å². The summed E-state index contributed by atoms with van der Waals surface area (Å²) in [7, 11) is 0. The van der Waals surface area contributed by atoms with Gasteiger partial charge in [0, 0.05) is 35.8 Å². The van der Waals surface area contributed by atoms with Crippen LogP contribution >= 0.6 is 0 Å². The van der Waals surface area contributed by atoms with Crippen molar-refractivity contribution in [3.63, 3.8) is 0 Å². The normalized spacial score (nSPS) is 11.2. The number of para-hydroxylation sites is 1. The van der Waals surface area contributed by atoms with Crippen LogP contribution in [0, 0.1) is 0 Å². The molecule has 1 amide bonds. The maximum absolute atomic E-state index is 12.4. The first-order valence-corrected chi connectivity index (χ1v) is 8.42. The Labute approximate surface area is 144 Å². The number of carbonyl (C=O) groups excluding carboxylic acids is 1. The number of rotatable bonds is 5. The number of aryl methyl sites for hydroxylation is 1. The lowest BCUT2D eigenvalue weighted by atomic mass is 10.1. The summed E-state index contributed by atoms with van der Waals surface area (Å²) in [5.41, 5.74) is 4.61. The summed E-state index contributed by atoms with van der Waals surface area (Å²) < 4.78 is 1.81. The minimum atomic E-state index is -0.0900. The number of nitrogens with one attached hydrogen (secondary N) is 2. The lowest BCUT2D eigenvalue weighted by molar-refractivity contribution is 0.0954. The van der Waals surface area contributed by atoms with Gasteiger partial charge in [-0.1, -0.05) is 23.4 Å². The SMILES string of the molecule is CCn1nnc2cc(C(=O)NCCc3c[nH]c4ccccc34)ccc21. The van der Waals surface area contributed by atoms with Gasteiger partial charge < -0.3 is 10.3 Å². The summed E-state index contributed by atoms with van der Waals surface area (Å²) >= 11 is 0. The van der Waals surface area contributed by atoms with E-state index in [1.165, 1.54) is 10.9 Å². The average Bonchev–Trinajstić information content (AvgIpc) is 3.25. The maximum Gasteiger partial charge on any atom is 0.251 e. The van der Waals surface area contributed by atoms with Crippen LogP contribution in [0.4, 0.5) is 0 Å². The van der Waals surface area contributed by atoms with Crippen LogP contribution in [0.25, 0.3) is 21.9 Å². The Morgan fingerprint density at radius 1 is 1.24 bits per heavy atom. The molecule has 4 rings (SSSR count). The highest BCUT2D eigenvalue weighted by Gasteiger charge is 2.10. The summed E-state index contributed by atoms with van der Waals surface area (Å²) in [5, 5.41) is 12.4. The molecule has 0 aliphatic carbocycles. The number of H-pyrrole nitrogens is 1. The molecule has 4 aromatic rings. The lowest BCUT2D eigenvalue weighted by Gasteiger charge is -2.05. The van der Waals surface area contributed by atoms with Gasteiger partial charge in [-0.25, -0.2) is 4.68 Å². The molecule has 0 saturated carbocycles. The Bertz CT molecular complexity index is 1050.